The van der Waals surface area contributed by atoms with E-state index in [0.717, 1.165) is 42.7 Å². The fourth-order valence-corrected chi connectivity index (χ4v) is 6.63. The fourth-order valence-electron chi connectivity index (χ4n) is 4.36. The Morgan fingerprint density at radius 3 is 2.40 bits per heavy atom. The highest BCUT2D eigenvalue weighted by atomic mass is 32.2. The lowest BCUT2D eigenvalue weighted by atomic mass is 9.88. The number of hydrogen-bond acceptors (Lipinski definition) is 6. The van der Waals surface area contributed by atoms with Gasteiger partial charge in [0.15, 0.2) is 5.13 Å². The van der Waals surface area contributed by atoms with E-state index in [4.69, 9.17) is 4.74 Å². The van der Waals surface area contributed by atoms with Gasteiger partial charge in [-0.1, -0.05) is 42.4 Å². The van der Waals surface area contributed by atoms with Crippen molar-refractivity contribution in [3.63, 3.8) is 0 Å². The number of methoxy groups -OCH3 is 1. The van der Waals surface area contributed by atoms with Gasteiger partial charge in [-0.25, -0.2) is 9.78 Å². The number of rotatable bonds is 7. The number of carbonyl (C=O) groups excluding carboxylic acids is 1. The van der Waals surface area contributed by atoms with Crippen molar-refractivity contribution in [3.05, 3.63) is 6.20 Å². The molecule has 30 heavy (non-hydrogen) atoms. The normalized spacial score (nSPS) is 23.2. The van der Waals surface area contributed by atoms with Gasteiger partial charge in [0.05, 0.1) is 16.5 Å². The molecule has 0 atom stereocenters. The second-order valence-electron chi connectivity index (χ2n) is 8.70. The number of urea groups is 1. The van der Waals surface area contributed by atoms with E-state index in [0.29, 0.717) is 11.2 Å². The molecule has 168 valence electrons. The Morgan fingerprint density at radius 1 is 1.17 bits per heavy atom. The summed E-state index contributed by atoms with van der Waals surface area (Å²) in [4.78, 5) is 31.1. The summed E-state index contributed by atoms with van der Waals surface area (Å²) in [6.07, 6.45) is 11.6. The third-order valence-electron chi connectivity index (χ3n) is 6.14. The maximum Gasteiger partial charge on any atom is 0.324 e. The number of nitrogens with zero attached hydrogens (tertiary/aromatic N) is 2. The van der Waals surface area contributed by atoms with Crippen LogP contribution in [0.5, 0.6) is 0 Å². The maximum absolute atomic E-state index is 13.3. The van der Waals surface area contributed by atoms with Crippen molar-refractivity contribution in [3.8, 4) is 0 Å². The van der Waals surface area contributed by atoms with Crippen LogP contribution in [-0.2, 0) is 9.53 Å². The van der Waals surface area contributed by atoms with Crippen LogP contribution in [0.4, 0.5) is 9.93 Å². The summed E-state index contributed by atoms with van der Waals surface area (Å²) in [5.41, 5.74) is 0. The molecule has 2 N–H and O–H groups in total. The van der Waals surface area contributed by atoms with E-state index in [1.165, 1.54) is 42.4 Å². The van der Waals surface area contributed by atoms with Gasteiger partial charge in [-0.15, -0.1) is 0 Å². The first-order chi connectivity index (χ1) is 14.3. The summed E-state index contributed by atoms with van der Waals surface area (Å²) in [5.74, 6) is -0.873. The minimum Gasteiger partial charge on any atom is -0.480 e. The number of anilines is 1. The number of thiazole rings is 1. The van der Waals surface area contributed by atoms with Crippen LogP contribution in [0, 0.1) is 0 Å². The molecule has 7 nitrogen and oxygen atoms in total. The lowest BCUT2D eigenvalue weighted by molar-refractivity contribution is -0.138. The van der Waals surface area contributed by atoms with Gasteiger partial charge in [0.1, 0.15) is 4.75 Å². The van der Waals surface area contributed by atoms with Gasteiger partial charge >= 0.3 is 12.0 Å². The average Bonchev–Trinajstić information content (AvgIpc) is 3.15. The Bertz CT molecular complexity index is 726. The molecule has 2 amide bonds. The van der Waals surface area contributed by atoms with Gasteiger partial charge in [0.25, 0.3) is 0 Å². The topological polar surface area (TPSA) is 91.8 Å². The molecule has 2 aliphatic carbocycles. The Kier molecular flexibility index (Phi) is 8.04. The highest BCUT2D eigenvalue weighted by Gasteiger charge is 2.35. The zero-order chi connectivity index (χ0) is 21.7. The van der Waals surface area contributed by atoms with E-state index < -0.39 is 10.7 Å². The number of ether oxygens (including phenoxy) is 1. The molecule has 9 heteroatoms. The van der Waals surface area contributed by atoms with Gasteiger partial charge in [0, 0.05) is 19.2 Å². The van der Waals surface area contributed by atoms with Crippen molar-refractivity contribution in [2.45, 2.75) is 98.8 Å². The number of aromatic nitrogens is 1. The van der Waals surface area contributed by atoms with Crippen LogP contribution in [0.15, 0.2) is 10.4 Å². The first-order valence-corrected chi connectivity index (χ1v) is 12.4. The van der Waals surface area contributed by atoms with E-state index in [1.54, 1.807) is 27.2 Å². The SMILES string of the molecule is CO[C@H]1CC[C@H](N(C(=O)Nc2ncc(SC(C)(C)C(=O)O)s2)C2CCCCC2)CC1. The summed E-state index contributed by atoms with van der Waals surface area (Å²) in [6, 6.07) is 0.438. The molecule has 1 aromatic heterocycles. The zero-order valence-corrected chi connectivity index (χ0v) is 19.7. The summed E-state index contributed by atoms with van der Waals surface area (Å²) < 4.78 is 5.35. The van der Waals surface area contributed by atoms with Crippen LogP contribution >= 0.6 is 23.1 Å². The summed E-state index contributed by atoms with van der Waals surface area (Å²) in [6.45, 7) is 3.33. The number of carboxylic acids is 1. The third-order valence-corrected chi connectivity index (χ3v) is 8.34. The number of thioether (sulfide) groups is 1. The molecule has 0 spiro atoms. The van der Waals surface area contributed by atoms with Gasteiger partial charge in [-0.05, 0) is 52.4 Å². The minimum atomic E-state index is -0.943. The van der Waals surface area contributed by atoms with E-state index in [1.807, 2.05) is 0 Å². The molecule has 0 saturated heterocycles. The van der Waals surface area contributed by atoms with Crippen LogP contribution in [0.25, 0.3) is 0 Å². The van der Waals surface area contributed by atoms with Gasteiger partial charge in [0.2, 0.25) is 0 Å². The second kappa shape index (κ2) is 10.3. The van der Waals surface area contributed by atoms with Crippen LogP contribution < -0.4 is 5.32 Å². The van der Waals surface area contributed by atoms with E-state index in [-0.39, 0.29) is 18.1 Å². The minimum absolute atomic E-state index is 0.0776. The smallest absolute Gasteiger partial charge is 0.324 e. The van der Waals surface area contributed by atoms with Crippen LogP contribution in [-0.4, -0.2) is 57.0 Å². The predicted molar refractivity (Wildman–Crippen MR) is 120 cm³/mol. The summed E-state index contributed by atoms with van der Waals surface area (Å²) >= 11 is 2.58. The van der Waals surface area contributed by atoms with Crippen molar-refractivity contribution in [2.75, 3.05) is 12.4 Å². The highest BCUT2D eigenvalue weighted by molar-refractivity contribution is 8.03. The van der Waals surface area contributed by atoms with Crippen LogP contribution in [0.3, 0.4) is 0 Å². The quantitative estimate of drug-likeness (QED) is 0.548. The second-order valence-corrected chi connectivity index (χ2v) is 11.7. The average molecular weight is 456 g/mol. The summed E-state index contributed by atoms with van der Waals surface area (Å²) in [7, 11) is 1.76. The number of carbonyl (C=O) groups is 2. The molecule has 0 aromatic carbocycles. The zero-order valence-electron chi connectivity index (χ0n) is 18.1. The summed E-state index contributed by atoms with van der Waals surface area (Å²) in [5, 5.41) is 12.9. The van der Waals surface area contributed by atoms with Crippen LogP contribution in [0.1, 0.15) is 71.6 Å². The molecule has 0 unspecified atom stereocenters. The Hall–Kier alpha value is -1.32. The first-order valence-electron chi connectivity index (χ1n) is 10.8. The van der Waals surface area contributed by atoms with E-state index in [9.17, 15) is 14.7 Å². The van der Waals surface area contributed by atoms with Crippen molar-refractivity contribution in [1.82, 2.24) is 9.88 Å². The number of aliphatic carboxylic acids is 1. The van der Waals surface area contributed by atoms with E-state index >= 15 is 0 Å². The van der Waals surface area contributed by atoms with Gasteiger partial charge in [-0.2, -0.15) is 0 Å². The molecule has 2 saturated carbocycles. The Balaban J connectivity index is 1.68. The molecule has 0 radical (unpaired) electrons. The highest BCUT2D eigenvalue weighted by Crippen LogP contribution is 2.38. The van der Waals surface area contributed by atoms with Crippen molar-refractivity contribution in [2.24, 2.45) is 0 Å². The first kappa shape index (κ1) is 23.3. The van der Waals surface area contributed by atoms with E-state index in [2.05, 4.69) is 15.2 Å². The lowest BCUT2D eigenvalue weighted by Gasteiger charge is -2.42. The molecule has 2 aliphatic rings. The Labute approximate surface area is 187 Å². The molecule has 0 bridgehead atoms. The largest absolute Gasteiger partial charge is 0.480 e. The van der Waals surface area contributed by atoms with Crippen LogP contribution in [0.2, 0.25) is 0 Å². The molecule has 3 rings (SSSR count). The molecule has 1 aromatic rings. The molecule has 2 fully saturated rings. The molecular formula is C21H33N3O4S2. The predicted octanol–water partition coefficient (Wildman–Crippen LogP) is 5.22. The number of hydrogen-bond donors (Lipinski definition) is 2. The number of carboxylic acid groups (broad SMARTS) is 1. The van der Waals surface area contributed by atoms with Gasteiger partial charge in [-0.3, -0.25) is 10.1 Å². The maximum atomic E-state index is 13.3. The standard InChI is InChI=1S/C21H33N3O4S2/c1-21(2,18(25)26)30-17-13-22-19(29-17)23-20(27)24(14-7-5-4-6-8-14)15-9-11-16(28-3)12-10-15/h13-16H,4-12H2,1-3H3,(H,25,26)(H,22,23,27)/t15-,16-. The molecule has 0 aliphatic heterocycles. The number of amides is 2. The van der Waals surface area contributed by atoms with Crippen molar-refractivity contribution < 1.29 is 19.4 Å². The molecular weight excluding hydrogens is 422 g/mol. The molecule has 1 heterocycles. The Morgan fingerprint density at radius 2 is 1.80 bits per heavy atom. The third kappa shape index (κ3) is 5.88. The van der Waals surface area contributed by atoms with Crippen molar-refractivity contribution >= 4 is 40.2 Å². The van der Waals surface area contributed by atoms with Gasteiger partial charge < -0.3 is 14.7 Å². The monoisotopic (exact) mass is 455 g/mol. The fraction of sp³-hybridized carbons (Fsp3) is 0.762. The lowest BCUT2D eigenvalue weighted by Crippen LogP contribution is -2.51. The van der Waals surface area contributed by atoms with Crippen molar-refractivity contribution in [1.29, 1.82) is 0 Å². The number of nitrogens with one attached hydrogen (secondary N) is 1.